The summed E-state index contributed by atoms with van der Waals surface area (Å²) in [5, 5.41) is 4.61. The third-order valence-corrected chi connectivity index (χ3v) is 4.46. The fourth-order valence-electron chi connectivity index (χ4n) is 2.35. The Bertz CT molecular complexity index is 298. The van der Waals surface area contributed by atoms with Gasteiger partial charge in [-0.3, -0.25) is 9.79 Å². The van der Waals surface area contributed by atoms with Crippen LogP contribution in [-0.2, 0) is 4.79 Å². The minimum atomic E-state index is -0.237. The van der Waals surface area contributed by atoms with Crippen LogP contribution < -0.4 is 11.1 Å². The van der Waals surface area contributed by atoms with Crippen LogP contribution in [0.3, 0.4) is 0 Å². The second-order valence-electron chi connectivity index (χ2n) is 4.66. The number of aliphatic imine (C=N–C) groups is 1. The summed E-state index contributed by atoms with van der Waals surface area (Å²) in [6, 6.07) is 0. The van der Waals surface area contributed by atoms with Crippen LogP contribution in [0.4, 0.5) is 0 Å². The molecule has 2 rings (SSSR count). The number of nitrogens with one attached hydrogen (secondary N) is 1. The number of carbonyl (C=O) groups excluding carboxylic acids is 1. The van der Waals surface area contributed by atoms with Gasteiger partial charge in [-0.15, -0.1) is 0 Å². The van der Waals surface area contributed by atoms with Gasteiger partial charge in [0.2, 0.25) is 5.91 Å². The van der Waals surface area contributed by atoms with E-state index in [1.165, 1.54) is 25.7 Å². The van der Waals surface area contributed by atoms with E-state index in [4.69, 9.17) is 5.73 Å². The smallest absolute Gasteiger partial charge is 0.217 e. The van der Waals surface area contributed by atoms with Crippen molar-refractivity contribution in [1.29, 1.82) is 0 Å². The molecule has 0 aromatic carbocycles. The van der Waals surface area contributed by atoms with E-state index in [0.29, 0.717) is 18.5 Å². The van der Waals surface area contributed by atoms with E-state index < -0.39 is 0 Å². The minimum absolute atomic E-state index is 0.237. The van der Waals surface area contributed by atoms with Crippen LogP contribution in [0.15, 0.2) is 4.99 Å². The number of nitrogens with two attached hydrogens (primary N) is 1. The molecule has 2 aliphatic rings. The van der Waals surface area contributed by atoms with Gasteiger partial charge < -0.3 is 11.1 Å². The monoisotopic (exact) mass is 241 g/mol. The fourth-order valence-corrected chi connectivity index (χ4v) is 3.59. The maximum Gasteiger partial charge on any atom is 0.217 e. The van der Waals surface area contributed by atoms with E-state index in [-0.39, 0.29) is 5.91 Å². The summed E-state index contributed by atoms with van der Waals surface area (Å²) in [6.07, 6.45) is 6.42. The number of nitrogens with zero attached hydrogens (tertiary/aromatic N) is 1. The molecule has 4 nitrogen and oxygen atoms in total. The Kier molecular flexibility index (Phi) is 3.74. The number of carbonyl (C=O) groups is 1. The van der Waals surface area contributed by atoms with Gasteiger partial charge in [-0.2, -0.15) is 0 Å². The predicted molar refractivity (Wildman–Crippen MR) is 67.5 cm³/mol. The molecule has 5 heteroatoms. The summed E-state index contributed by atoms with van der Waals surface area (Å²) < 4.78 is 0. The predicted octanol–water partition coefficient (Wildman–Crippen LogP) is 1.26. The molecule has 0 aromatic rings. The number of amidine groups is 1. The summed E-state index contributed by atoms with van der Waals surface area (Å²) in [5.41, 5.74) is 5.41. The van der Waals surface area contributed by atoms with Crippen LogP contribution in [0, 0.1) is 0 Å². The number of amides is 1. The standard InChI is InChI=1S/C11H19N3OS/c12-9(15)4-3-7-13-10-14-11(8-16-10)5-1-2-6-11/h1-8H2,(H2,12,15)(H,13,14). The second kappa shape index (κ2) is 5.08. The van der Waals surface area contributed by atoms with Crippen molar-refractivity contribution in [1.82, 2.24) is 5.32 Å². The normalized spacial score (nSPS) is 25.1. The first-order valence-corrected chi connectivity index (χ1v) is 6.93. The Hall–Kier alpha value is -0.710. The molecule has 90 valence electrons. The zero-order valence-electron chi connectivity index (χ0n) is 9.50. The molecule has 0 radical (unpaired) electrons. The molecule has 2 fully saturated rings. The van der Waals surface area contributed by atoms with E-state index in [9.17, 15) is 4.79 Å². The average Bonchev–Trinajstić information content (AvgIpc) is 2.85. The van der Waals surface area contributed by atoms with Gasteiger partial charge in [0, 0.05) is 24.3 Å². The van der Waals surface area contributed by atoms with Crippen molar-refractivity contribution in [2.45, 2.75) is 44.1 Å². The summed E-state index contributed by atoms with van der Waals surface area (Å²) in [6.45, 7) is 0.703. The van der Waals surface area contributed by atoms with Gasteiger partial charge in [0.05, 0.1) is 0 Å². The molecular formula is C11H19N3OS. The van der Waals surface area contributed by atoms with E-state index >= 15 is 0 Å². The molecule has 1 aliphatic heterocycles. The molecule has 1 spiro atoms. The molecule has 1 heterocycles. The number of hydrogen-bond acceptors (Lipinski definition) is 3. The third kappa shape index (κ3) is 2.90. The Morgan fingerprint density at radius 2 is 2.25 bits per heavy atom. The lowest BCUT2D eigenvalue weighted by molar-refractivity contribution is -0.118. The maximum absolute atomic E-state index is 10.6. The lowest BCUT2D eigenvalue weighted by Gasteiger charge is -2.21. The van der Waals surface area contributed by atoms with Crippen LogP contribution in [-0.4, -0.2) is 28.9 Å². The Morgan fingerprint density at radius 3 is 2.94 bits per heavy atom. The average molecular weight is 241 g/mol. The fraction of sp³-hybridized carbons (Fsp3) is 0.818. The zero-order valence-corrected chi connectivity index (χ0v) is 10.3. The molecule has 0 aromatic heterocycles. The molecule has 1 aliphatic carbocycles. The van der Waals surface area contributed by atoms with E-state index in [1.807, 2.05) is 11.8 Å². The highest BCUT2D eigenvalue weighted by Crippen LogP contribution is 2.37. The van der Waals surface area contributed by atoms with Crippen molar-refractivity contribution in [3.8, 4) is 0 Å². The van der Waals surface area contributed by atoms with Gasteiger partial charge in [0.15, 0.2) is 5.17 Å². The van der Waals surface area contributed by atoms with Gasteiger partial charge in [-0.25, -0.2) is 0 Å². The Balaban J connectivity index is 1.75. The minimum Gasteiger partial charge on any atom is -0.370 e. The summed E-state index contributed by atoms with van der Waals surface area (Å²) in [5.74, 6) is 0.918. The van der Waals surface area contributed by atoms with E-state index in [0.717, 1.165) is 17.3 Å². The largest absolute Gasteiger partial charge is 0.370 e. The summed E-state index contributed by atoms with van der Waals surface area (Å²) in [4.78, 5) is 15.0. The first kappa shape index (κ1) is 11.8. The summed E-state index contributed by atoms with van der Waals surface area (Å²) in [7, 11) is 0. The topological polar surface area (TPSA) is 67.5 Å². The molecule has 16 heavy (non-hydrogen) atoms. The Labute approximate surface area is 100 Å². The SMILES string of the molecule is NC(=O)CCCN=C1NC2(CCCC2)CS1. The highest BCUT2D eigenvalue weighted by molar-refractivity contribution is 8.14. The highest BCUT2D eigenvalue weighted by Gasteiger charge is 2.39. The molecule has 0 bridgehead atoms. The number of thioether (sulfide) groups is 1. The van der Waals surface area contributed by atoms with Crippen LogP contribution in [0.1, 0.15) is 38.5 Å². The molecule has 1 saturated carbocycles. The number of hydrogen-bond donors (Lipinski definition) is 2. The second-order valence-corrected chi connectivity index (χ2v) is 5.62. The molecule has 3 N–H and O–H groups in total. The van der Waals surface area contributed by atoms with Gasteiger partial charge in [-0.05, 0) is 19.3 Å². The van der Waals surface area contributed by atoms with Crippen molar-refractivity contribution >= 4 is 22.8 Å². The van der Waals surface area contributed by atoms with Gasteiger partial charge in [-0.1, -0.05) is 24.6 Å². The highest BCUT2D eigenvalue weighted by atomic mass is 32.2. The quantitative estimate of drug-likeness (QED) is 0.728. The van der Waals surface area contributed by atoms with Crippen molar-refractivity contribution in [2.24, 2.45) is 10.7 Å². The molecule has 0 atom stereocenters. The number of primary amides is 1. The van der Waals surface area contributed by atoms with E-state index in [1.54, 1.807) is 0 Å². The van der Waals surface area contributed by atoms with Gasteiger partial charge in [0.1, 0.15) is 0 Å². The Morgan fingerprint density at radius 1 is 1.50 bits per heavy atom. The van der Waals surface area contributed by atoms with Crippen molar-refractivity contribution in [3.63, 3.8) is 0 Å². The van der Waals surface area contributed by atoms with E-state index in [2.05, 4.69) is 10.3 Å². The lowest BCUT2D eigenvalue weighted by atomic mass is 10.0. The van der Waals surface area contributed by atoms with Crippen molar-refractivity contribution in [3.05, 3.63) is 0 Å². The third-order valence-electron chi connectivity index (χ3n) is 3.25. The zero-order chi connectivity index (χ0) is 11.4. The van der Waals surface area contributed by atoms with Crippen molar-refractivity contribution < 1.29 is 4.79 Å². The van der Waals surface area contributed by atoms with Crippen LogP contribution >= 0.6 is 11.8 Å². The molecular weight excluding hydrogens is 222 g/mol. The molecule has 1 amide bonds. The van der Waals surface area contributed by atoms with Crippen LogP contribution in [0.2, 0.25) is 0 Å². The first-order valence-electron chi connectivity index (χ1n) is 5.94. The molecule has 1 saturated heterocycles. The maximum atomic E-state index is 10.6. The van der Waals surface area contributed by atoms with Gasteiger partial charge >= 0.3 is 0 Å². The molecule has 0 unspecified atom stereocenters. The lowest BCUT2D eigenvalue weighted by Crippen LogP contribution is -2.40. The first-order chi connectivity index (χ1) is 7.70. The summed E-state index contributed by atoms with van der Waals surface area (Å²) >= 11 is 1.82. The van der Waals surface area contributed by atoms with Crippen molar-refractivity contribution in [2.75, 3.05) is 12.3 Å². The van der Waals surface area contributed by atoms with Crippen LogP contribution in [0.5, 0.6) is 0 Å². The van der Waals surface area contributed by atoms with Gasteiger partial charge in [0.25, 0.3) is 0 Å². The number of rotatable bonds is 4. The van der Waals surface area contributed by atoms with Crippen LogP contribution in [0.25, 0.3) is 0 Å².